The summed E-state index contributed by atoms with van der Waals surface area (Å²) in [5, 5.41) is 3.58. The van der Waals surface area contributed by atoms with Crippen LogP contribution in [0.5, 0.6) is 0 Å². The lowest BCUT2D eigenvalue weighted by atomic mass is 10.1. The normalized spacial score (nSPS) is 33.1. The summed E-state index contributed by atoms with van der Waals surface area (Å²) in [5.74, 6) is 0.413. The van der Waals surface area contributed by atoms with E-state index in [1.807, 2.05) is 0 Å². The molecule has 0 radical (unpaired) electrons. The molecule has 1 N–H and O–H groups in total. The molecule has 1 aliphatic heterocycles. The van der Waals surface area contributed by atoms with E-state index in [4.69, 9.17) is 0 Å². The van der Waals surface area contributed by atoms with E-state index >= 15 is 0 Å². The molecule has 0 aromatic heterocycles. The van der Waals surface area contributed by atoms with E-state index in [9.17, 15) is 4.79 Å². The third-order valence-corrected chi connectivity index (χ3v) is 4.78. The largest absolute Gasteiger partial charge is 0.323 e. The second-order valence-corrected chi connectivity index (χ2v) is 6.01. The molecule has 3 heteroatoms. The maximum Gasteiger partial charge on any atom is 0.244 e. The lowest BCUT2D eigenvalue weighted by Gasteiger charge is -2.31. The van der Waals surface area contributed by atoms with Gasteiger partial charge >= 0.3 is 0 Å². The van der Waals surface area contributed by atoms with Gasteiger partial charge in [-0.3, -0.25) is 10.1 Å². The van der Waals surface area contributed by atoms with Crippen molar-refractivity contribution in [3.63, 3.8) is 0 Å². The zero-order valence-corrected chi connectivity index (χ0v) is 10.9. The highest BCUT2D eigenvalue weighted by molar-refractivity contribution is 5.92. The smallest absolute Gasteiger partial charge is 0.244 e. The average molecular weight is 236 g/mol. The van der Waals surface area contributed by atoms with Crippen molar-refractivity contribution in [1.82, 2.24) is 10.2 Å². The summed E-state index contributed by atoms with van der Waals surface area (Å²) in [7, 11) is 0. The fourth-order valence-electron chi connectivity index (χ4n) is 3.58. The zero-order chi connectivity index (χ0) is 11.9. The van der Waals surface area contributed by atoms with E-state index in [1.54, 1.807) is 0 Å². The van der Waals surface area contributed by atoms with E-state index in [0.29, 0.717) is 18.1 Å². The first-order valence-electron chi connectivity index (χ1n) is 7.37. The summed E-state index contributed by atoms with van der Waals surface area (Å²) in [6, 6.07) is 0.516. The van der Waals surface area contributed by atoms with Crippen molar-refractivity contribution in [1.29, 1.82) is 0 Å². The van der Waals surface area contributed by atoms with Crippen molar-refractivity contribution in [3.05, 3.63) is 0 Å². The number of nitrogens with zero attached hydrogens (tertiary/aromatic N) is 1. The highest BCUT2D eigenvalue weighted by Gasteiger charge is 2.59. The Labute approximate surface area is 104 Å². The first-order chi connectivity index (χ1) is 8.27. The van der Waals surface area contributed by atoms with E-state index in [2.05, 4.69) is 17.1 Å². The number of carbonyl (C=O) groups is 1. The molecule has 1 atom stereocenters. The highest BCUT2D eigenvalue weighted by atomic mass is 16.2. The fraction of sp³-hybridized carbons (Fsp3) is 0.929. The van der Waals surface area contributed by atoms with Crippen molar-refractivity contribution in [2.75, 3.05) is 0 Å². The zero-order valence-electron chi connectivity index (χ0n) is 10.9. The second kappa shape index (κ2) is 4.27. The minimum atomic E-state index is -0.118. The maximum atomic E-state index is 12.5. The number of hydrogen-bond acceptors (Lipinski definition) is 2. The Morgan fingerprint density at radius 2 is 1.88 bits per heavy atom. The molecule has 2 saturated carbocycles. The molecule has 0 aromatic rings. The van der Waals surface area contributed by atoms with Crippen LogP contribution >= 0.6 is 0 Å². The highest BCUT2D eigenvalue weighted by Crippen LogP contribution is 2.44. The van der Waals surface area contributed by atoms with E-state index in [1.165, 1.54) is 38.5 Å². The van der Waals surface area contributed by atoms with Gasteiger partial charge in [-0.15, -0.1) is 0 Å². The van der Waals surface area contributed by atoms with Crippen LogP contribution in [0, 0.1) is 0 Å². The lowest BCUT2D eigenvalue weighted by molar-refractivity contribution is -0.133. The number of nitrogens with one attached hydrogen (secondary N) is 1. The standard InChI is InChI=1S/C14H24N2O/c1-2-12-15-14(9-10-14)13(17)16(12)11-7-5-3-4-6-8-11/h11-12,15H,2-10H2,1H3. The van der Waals surface area contributed by atoms with Crippen LogP contribution < -0.4 is 5.32 Å². The van der Waals surface area contributed by atoms with Gasteiger partial charge in [0.1, 0.15) is 0 Å². The van der Waals surface area contributed by atoms with Crippen molar-refractivity contribution < 1.29 is 4.79 Å². The minimum Gasteiger partial charge on any atom is -0.323 e. The van der Waals surface area contributed by atoms with Gasteiger partial charge in [-0.2, -0.15) is 0 Å². The molecule has 3 nitrogen and oxygen atoms in total. The van der Waals surface area contributed by atoms with Gasteiger partial charge in [0.15, 0.2) is 0 Å². The van der Waals surface area contributed by atoms with E-state index < -0.39 is 0 Å². The molecule has 1 heterocycles. The van der Waals surface area contributed by atoms with Crippen LogP contribution in [0.4, 0.5) is 0 Å². The quantitative estimate of drug-likeness (QED) is 0.747. The van der Waals surface area contributed by atoms with Crippen LogP contribution in [0.15, 0.2) is 0 Å². The Bertz CT molecular complexity index is 303. The van der Waals surface area contributed by atoms with Gasteiger partial charge < -0.3 is 4.90 Å². The van der Waals surface area contributed by atoms with Gasteiger partial charge in [-0.25, -0.2) is 0 Å². The van der Waals surface area contributed by atoms with Gasteiger partial charge in [-0.1, -0.05) is 32.6 Å². The molecule has 96 valence electrons. The maximum absolute atomic E-state index is 12.5. The van der Waals surface area contributed by atoms with Gasteiger partial charge in [-0.05, 0) is 32.1 Å². The summed E-state index contributed by atoms with van der Waals surface area (Å²) < 4.78 is 0. The first-order valence-corrected chi connectivity index (χ1v) is 7.37. The molecule has 3 fully saturated rings. The molecule has 3 aliphatic rings. The van der Waals surface area contributed by atoms with Gasteiger partial charge in [0.25, 0.3) is 0 Å². The number of carbonyl (C=O) groups excluding carboxylic acids is 1. The predicted molar refractivity (Wildman–Crippen MR) is 67.5 cm³/mol. The van der Waals surface area contributed by atoms with Gasteiger partial charge in [0, 0.05) is 6.04 Å². The van der Waals surface area contributed by atoms with Crippen molar-refractivity contribution in [2.45, 2.75) is 82.5 Å². The number of amides is 1. The van der Waals surface area contributed by atoms with Crippen molar-refractivity contribution in [3.8, 4) is 0 Å². The second-order valence-electron chi connectivity index (χ2n) is 6.01. The third kappa shape index (κ3) is 1.88. The van der Waals surface area contributed by atoms with Crippen LogP contribution in [0.3, 0.4) is 0 Å². The number of rotatable bonds is 2. The van der Waals surface area contributed by atoms with Gasteiger partial charge in [0.05, 0.1) is 11.7 Å². The molecule has 1 unspecified atom stereocenters. The molecule has 17 heavy (non-hydrogen) atoms. The fourth-order valence-corrected chi connectivity index (χ4v) is 3.58. The average Bonchev–Trinajstić information content (AvgIpc) is 3.08. The monoisotopic (exact) mass is 236 g/mol. The summed E-state index contributed by atoms with van der Waals surface area (Å²) in [6.45, 7) is 2.19. The number of hydrogen-bond donors (Lipinski definition) is 1. The Hall–Kier alpha value is -0.570. The predicted octanol–water partition coefficient (Wildman–Crippen LogP) is 2.41. The first kappa shape index (κ1) is 11.5. The molecule has 1 amide bonds. The molecular formula is C14H24N2O. The summed E-state index contributed by atoms with van der Waals surface area (Å²) in [4.78, 5) is 14.8. The lowest BCUT2D eigenvalue weighted by Crippen LogP contribution is -2.44. The minimum absolute atomic E-state index is 0.118. The van der Waals surface area contributed by atoms with Crippen molar-refractivity contribution in [2.24, 2.45) is 0 Å². The SMILES string of the molecule is CCC1NC2(CC2)C(=O)N1C1CCCCCC1. The van der Waals surface area contributed by atoms with E-state index in [-0.39, 0.29) is 5.54 Å². The van der Waals surface area contributed by atoms with Crippen molar-refractivity contribution >= 4 is 5.91 Å². The molecular weight excluding hydrogens is 212 g/mol. The molecule has 2 aliphatic carbocycles. The van der Waals surface area contributed by atoms with Crippen LogP contribution in [0.1, 0.15) is 64.7 Å². The van der Waals surface area contributed by atoms with Crippen LogP contribution in [0.2, 0.25) is 0 Å². The van der Waals surface area contributed by atoms with Gasteiger partial charge in [0.2, 0.25) is 5.91 Å². The van der Waals surface area contributed by atoms with Crippen LogP contribution in [-0.2, 0) is 4.79 Å². The van der Waals surface area contributed by atoms with Crippen LogP contribution in [0.25, 0.3) is 0 Å². The Balaban J connectivity index is 1.77. The molecule has 0 bridgehead atoms. The topological polar surface area (TPSA) is 32.3 Å². The Morgan fingerprint density at radius 3 is 2.41 bits per heavy atom. The molecule has 1 spiro atoms. The Morgan fingerprint density at radius 1 is 1.24 bits per heavy atom. The van der Waals surface area contributed by atoms with E-state index in [0.717, 1.165) is 19.3 Å². The van der Waals surface area contributed by atoms with Crippen LogP contribution in [-0.4, -0.2) is 28.6 Å². The Kier molecular flexibility index (Phi) is 2.89. The molecule has 1 saturated heterocycles. The molecule has 0 aromatic carbocycles. The summed E-state index contributed by atoms with van der Waals surface area (Å²) in [6.07, 6.45) is 11.2. The summed E-state index contributed by atoms with van der Waals surface area (Å²) in [5.41, 5.74) is -0.118. The molecule has 3 rings (SSSR count). The summed E-state index contributed by atoms with van der Waals surface area (Å²) >= 11 is 0. The third-order valence-electron chi connectivity index (χ3n) is 4.78.